The Morgan fingerprint density at radius 2 is 2.30 bits per heavy atom. The second-order valence-electron chi connectivity index (χ2n) is 5.32. The van der Waals surface area contributed by atoms with Gasteiger partial charge in [-0.25, -0.2) is 4.39 Å². The highest BCUT2D eigenvalue weighted by molar-refractivity contribution is 5.76. The smallest absolute Gasteiger partial charge is 0.221 e. The van der Waals surface area contributed by atoms with E-state index in [2.05, 4.69) is 5.32 Å². The van der Waals surface area contributed by atoms with E-state index >= 15 is 0 Å². The van der Waals surface area contributed by atoms with Crippen molar-refractivity contribution in [2.75, 3.05) is 27.2 Å². The highest BCUT2D eigenvalue weighted by atomic mass is 19.1. The van der Waals surface area contributed by atoms with Gasteiger partial charge in [0.25, 0.3) is 0 Å². The molecule has 0 aromatic heterocycles. The molecule has 5 heteroatoms. The van der Waals surface area contributed by atoms with Gasteiger partial charge in [0.2, 0.25) is 5.91 Å². The predicted octanol–water partition coefficient (Wildman–Crippen LogP) is 2.11. The molecule has 1 aromatic carbocycles. The minimum atomic E-state index is -0.364. The molecule has 1 amide bonds. The van der Waals surface area contributed by atoms with Gasteiger partial charge >= 0.3 is 0 Å². The van der Waals surface area contributed by atoms with Gasteiger partial charge in [-0.15, -0.1) is 0 Å². The van der Waals surface area contributed by atoms with Crippen LogP contribution >= 0.6 is 0 Å². The quantitative estimate of drug-likeness (QED) is 0.918. The normalized spacial score (nSPS) is 18.1. The molecular formula is C15H21FN2O2. The number of carbonyl (C=O) groups is 1. The van der Waals surface area contributed by atoms with E-state index in [1.54, 1.807) is 6.07 Å². The van der Waals surface area contributed by atoms with Gasteiger partial charge in [0.1, 0.15) is 0 Å². The Kier molecular flexibility index (Phi) is 4.95. The highest BCUT2D eigenvalue weighted by Crippen LogP contribution is 2.33. The van der Waals surface area contributed by atoms with Crippen LogP contribution in [0.5, 0.6) is 5.75 Å². The maximum Gasteiger partial charge on any atom is 0.221 e. The van der Waals surface area contributed by atoms with Crippen LogP contribution < -0.4 is 10.1 Å². The zero-order valence-electron chi connectivity index (χ0n) is 12.0. The number of nitrogens with one attached hydrogen (secondary N) is 1. The van der Waals surface area contributed by atoms with Crippen molar-refractivity contribution in [2.45, 2.75) is 25.3 Å². The fourth-order valence-electron chi connectivity index (χ4n) is 2.31. The molecular weight excluding hydrogens is 259 g/mol. The number of nitrogens with zero attached hydrogens (tertiary/aromatic N) is 1. The number of benzene rings is 1. The summed E-state index contributed by atoms with van der Waals surface area (Å²) in [5, 5.41) is 2.99. The lowest BCUT2D eigenvalue weighted by molar-refractivity contribution is -0.122. The number of halogens is 1. The Hall–Kier alpha value is -1.62. The molecule has 0 radical (unpaired) electrons. The van der Waals surface area contributed by atoms with Crippen LogP contribution in [-0.4, -0.2) is 38.1 Å². The van der Waals surface area contributed by atoms with Crippen molar-refractivity contribution in [3.05, 3.63) is 29.6 Å². The molecule has 0 fully saturated rings. The largest absolute Gasteiger partial charge is 0.490 e. The van der Waals surface area contributed by atoms with Crippen LogP contribution in [0.4, 0.5) is 4.39 Å². The fourth-order valence-corrected chi connectivity index (χ4v) is 2.31. The summed E-state index contributed by atoms with van der Waals surface area (Å²) < 4.78 is 19.2. The number of carbonyl (C=O) groups excluding carboxylic acids is 1. The van der Waals surface area contributed by atoms with Gasteiger partial charge in [-0.05, 0) is 33.0 Å². The van der Waals surface area contributed by atoms with E-state index in [0.717, 1.165) is 18.4 Å². The zero-order chi connectivity index (χ0) is 14.5. The van der Waals surface area contributed by atoms with Gasteiger partial charge in [0, 0.05) is 18.5 Å². The van der Waals surface area contributed by atoms with Crippen LogP contribution in [0.3, 0.4) is 0 Å². The van der Waals surface area contributed by atoms with E-state index in [9.17, 15) is 9.18 Å². The molecule has 1 aliphatic heterocycles. The Balaban J connectivity index is 2.09. The average molecular weight is 280 g/mol. The zero-order valence-corrected chi connectivity index (χ0v) is 12.0. The Labute approximate surface area is 118 Å². The SMILES string of the molecule is CN(C)CCC(=O)NC1CCCOc2c(F)cccc21. The van der Waals surface area contributed by atoms with Crippen LogP contribution in [-0.2, 0) is 4.79 Å². The summed E-state index contributed by atoms with van der Waals surface area (Å²) in [4.78, 5) is 13.9. The highest BCUT2D eigenvalue weighted by Gasteiger charge is 2.23. The minimum Gasteiger partial charge on any atom is -0.490 e. The fraction of sp³-hybridized carbons (Fsp3) is 0.533. The molecule has 0 aliphatic carbocycles. The van der Waals surface area contributed by atoms with E-state index < -0.39 is 0 Å². The van der Waals surface area contributed by atoms with Crippen molar-refractivity contribution in [2.24, 2.45) is 0 Å². The van der Waals surface area contributed by atoms with Crippen LogP contribution in [0.25, 0.3) is 0 Å². The van der Waals surface area contributed by atoms with Crippen LogP contribution in [0, 0.1) is 5.82 Å². The molecule has 0 spiro atoms. The molecule has 4 nitrogen and oxygen atoms in total. The maximum absolute atomic E-state index is 13.8. The molecule has 1 atom stereocenters. The maximum atomic E-state index is 13.8. The van der Waals surface area contributed by atoms with E-state index in [-0.39, 0.29) is 23.5 Å². The molecule has 0 saturated carbocycles. The topological polar surface area (TPSA) is 41.6 Å². The summed E-state index contributed by atoms with van der Waals surface area (Å²) in [6, 6.07) is 4.69. The van der Waals surface area contributed by atoms with E-state index in [4.69, 9.17) is 4.74 Å². The second-order valence-corrected chi connectivity index (χ2v) is 5.32. The van der Waals surface area contributed by atoms with Crippen LogP contribution in [0.15, 0.2) is 18.2 Å². The van der Waals surface area contributed by atoms with Crippen molar-refractivity contribution in [1.29, 1.82) is 0 Å². The first-order valence-corrected chi connectivity index (χ1v) is 6.93. The van der Waals surface area contributed by atoms with E-state index in [0.29, 0.717) is 19.6 Å². The van der Waals surface area contributed by atoms with Crippen LogP contribution in [0.2, 0.25) is 0 Å². The predicted molar refractivity (Wildman–Crippen MR) is 75.2 cm³/mol. The monoisotopic (exact) mass is 280 g/mol. The van der Waals surface area contributed by atoms with Crippen molar-refractivity contribution in [3.63, 3.8) is 0 Å². The minimum absolute atomic E-state index is 0.0131. The van der Waals surface area contributed by atoms with Gasteiger partial charge in [-0.1, -0.05) is 12.1 Å². The summed E-state index contributed by atoms with van der Waals surface area (Å²) in [5.74, 6) is -0.0966. The lowest BCUT2D eigenvalue weighted by Gasteiger charge is -2.19. The van der Waals surface area contributed by atoms with Gasteiger partial charge in [-0.3, -0.25) is 4.79 Å². The first-order chi connectivity index (χ1) is 9.58. The molecule has 110 valence electrons. The molecule has 1 N–H and O–H groups in total. The number of ether oxygens (including phenoxy) is 1. The Bertz CT molecular complexity index is 477. The Morgan fingerprint density at radius 1 is 1.50 bits per heavy atom. The summed E-state index contributed by atoms with van der Waals surface area (Å²) in [6.45, 7) is 1.18. The van der Waals surface area contributed by atoms with Gasteiger partial charge in [-0.2, -0.15) is 0 Å². The lowest BCUT2D eigenvalue weighted by Crippen LogP contribution is -2.30. The number of rotatable bonds is 4. The Morgan fingerprint density at radius 3 is 3.05 bits per heavy atom. The average Bonchev–Trinajstić information content (AvgIpc) is 2.60. The third-order valence-electron chi connectivity index (χ3n) is 3.38. The van der Waals surface area contributed by atoms with Crippen LogP contribution in [0.1, 0.15) is 30.9 Å². The lowest BCUT2D eigenvalue weighted by atomic mass is 10.0. The van der Waals surface area contributed by atoms with Gasteiger partial charge < -0.3 is 15.0 Å². The van der Waals surface area contributed by atoms with E-state index in [1.165, 1.54) is 6.07 Å². The van der Waals surface area contributed by atoms with Crippen molar-refractivity contribution < 1.29 is 13.9 Å². The molecule has 1 aromatic rings. The molecule has 20 heavy (non-hydrogen) atoms. The third-order valence-corrected chi connectivity index (χ3v) is 3.38. The summed E-state index contributed by atoms with van der Waals surface area (Å²) in [6.07, 6.45) is 2.01. The first-order valence-electron chi connectivity index (χ1n) is 6.93. The summed E-state index contributed by atoms with van der Waals surface area (Å²) in [5.41, 5.74) is 0.737. The molecule has 1 aliphatic rings. The second kappa shape index (κ2) is 6.70. The van der Waals surface area contributed by atoms with Crippen molar-refractivity contribution in [1.82, 2.24) is 10.2 Å². The third kappa shape index (κ3) is 3.70. The molecule has 0 saturated heterocycles. The first kappa shape index (κ1) is 14.8. The number of para-hydroxylation sites is 1. The number of hydrogen-bond donors (Lipinski definition) is 1. The van der Waals surface area contributed by atoms with Gasteiger partial charge in [0.05, 0.1) is 12.6 Å². The molecule has 1 unspecified atom stereocenters. The molecule has 0 bridgehead atoms. The molecule has 1 heterocycles. The number of fused-ring (bicyclic) bond motifs is 1. The van der Waals surface area contributed by atoms with Gasteiger partial charge in [0.15, 0.2) is 11.6 Å². The summed E-state index contributed by atoms with van der Waals surface area (Å²) in [7, 11) is 3.86. The van der Waals surface area contributed by atoms with Crippen molar-refractivity contribution >= 4 is 5.91 Å². The number of hydrogen-bond acceptors (Lipinski definition) is 3. The molecule has 2 rings (SSSR count). The van der Waals surface area contributed by atoms with E-state index in [1.807, 2.05) is 25.1 Å². The summed E-state index contributed by atoms with van der Waals surface area (Å²) >= 11 is 0. The number of amides is 1. The van der Waals surface area contributed by atoms with Crippen molar-refractivity contribution in [3.8, 4) is 5.75 Å². The standard InChI is InChI=1S/C15H21FN2O2/c1-18(2)9-8-14(19)17-13-7-4-10-20-15-11(13)5-3-6-12(15)16/h3,5-6,13H,4,7-10H2,1-2H3,(H,17,19).